The van der Waals surface area contributed by atoms with Crippen LogP contribution in [0.3, 0.4) is 0 Å². The number of aliphatic hydroxyl groups is 1. The van der Waals surface area contributed by atoms with E-state index in [4.69, 9.17) is 0 Å². The summed E-state index contributed by atoms with van der Waals surface area (Å²) in [7, 11) is 1.91. The first-order valence-corrected chi connectivity index (χ1v) is 7.54. The largest absolute Gasteiger partial charge is 0.388 e. The van der Waals surface area contributed by atoms with Crippen molar-refractivity contribution in [2.24, 2.45) is 7.05 Å². The van der Waals surface area contributed by atoms with Gasteiger partial charge in [0, 0.05) is 13.5 Å². The number of nitrogens with zero attached hydrogens (tertiary/aromatic N) is 2. The Labute approximate surface area is 128 Å². The van der Waals surface area contributed by atoms with Crippen LogP contribution in [0.25, 0.3) is 0 Å². The highest BCUT2D eigenvalue weighted by molar-refractivity contribution is 9.10. The van der Waals surface area contributed by atoms with Crippen LogP contribution >= 0.6 is 15.9 Å². The topological polar surface area (TPSA) is 38.1 Å². The van der Waals surface area contributed by atoms with E-state index in [0.29, 0.717) is 6.42 Å². The standard InChI is InChI=1S/C16H21BrN2O/c1-9-6-10(2)15(11(3)7-9)14(20)8-13-16(17)12(4)18-19(13)5/h6-7,14,20H,8H2,1-5H3. The lowest BCUT2D eigenvalue weighted by Gasteiger charge is -2.18. The van der Waals surface area contributed by atoms with Crippen molar-refractivity contribution in [1.82, 2.24) is 9.78 Å². The van der Waals surface area contributed by atoms with Crippen molar-refractivity contribution in [2.75, 3.05) is 0 Å². The van der Waals surface area contributed by atoms with Crippen LogP contribution < -0.4 is 0 Å². The third-order valence-electron chi connectivity index (χ3n) is 3.72. The molecule has 1 atom stereocenters. The van der Waals surface area contributed by atoms with Crippen molar-refractivity contribution in [1.29, 1.82) is 0 Å². The average Bonchev–Trinajstić information content (AvgIpc) is 2.54. The van der Waals surface area contributed by atoms with Gasteiger partial charge in [-0.3, -0.25) is 4.68 Å². The molecular weight excluding hydrogens is 316 g/mol. The van der Waals surface area contributed by atoms with Gasteiger partial charge in [0.05, 0.1) is 22.0 Å². The molecule has 0 aliphatic rings. The van der Waals surface area contributed by atoms with Gasteiger partial charge in [0.25, 0.3) is 0 Å². The van der Waals surface area contributed by atoms with Crippen LogP contribution in [0.2, 0.25) is 0 Å². The molecule has 1 unspecified atom stereocenters. The van der Waals surface area contributed by atoms with E-state index in [-0.39, 0.29) is 0 Å². The highest BCUT2D eigenvalue weighted by Gasteiger charge is 2.19. The molecule has 0 fully saturated rings. The summed E-state index contributed by atoms with van der Waals surface area (Å²) in [5.74, 6) is 0. The van der Waals surface area contributed by atoms with Crippen molar-refractivity contribution >= 4 is 15.9 Å². The first-order valence-electron chi connectivity index (χ1n) is 6.75. The second-order valence-corrected chi connectivity index (χ2v) is 6.30. The molecule has 0 amide bonds. The number of hydrogen-bond acceptors (Lipinski definition) is 2. The minimum atomic E-state index is -0.512. The number of halogens is 1. The maximum Gasteiger partial charge on any atom is 0.0850 e. The van der Waals surface area contributed by atoms with Crippen molar-refractivity contribution in [2.45, 2.75) is 40.2 Å². The summed E-state index contributed by atoms with van der Waals surface area (Å²) in [6.45, 7) is 8.16. The molecule has 1 N–H and O–H groups in total. The molecule has 4 heteroatoms. The van der Waals surface area contributed by atoms with Crippen LogP contribution in [0, 0.1) is 27.7 Å². The summed E-state index contributed by atoms with van der Waals surface area (Å²) in [4.78, 5) is 0. The fraction of sp³-hybridized carbons (Fsp3) is 0.438. The number of aryl methyl sites for hydroxylation is 5. The van der Waals surface area contributed by atoms with Crippen molar-refractivity contribution < 1.29 is 5.11 Å². The van der Waals surface area contributed by atoms with Crippen LogP contribution in [0.5, 0.6) is 0 Å². The third-order valence-corrected chi connectivity index (χ3v) is 4.75. The van der Waals surface area contributed by atoms with Gasteiger partial charge in [-0.2, -0.15) is 5.10 Å². The Morgan fingerprint density at radius 3 is 2.20 bits per heavy atom. The second-order valence-electron chi connectivity index (χ2n) is 5.50. The summed E-state index contributed by atoms with van der Waals surface area (Å²) in [6.07, 6.45) is 0.0459. The predicted octanol–water partition coefficient (Wildman–Crippen LogP) is 3.69. The van der Waals surface area contributed by atoms with Gasteiger partial charge in [-0.1, -0.05) is 17.7 Å². The lowest BCUT2D eigenvalue weighted by molar-refractivity contribution is 0.174. The normalized spacial score (nSPS) is 12.8. The molecule has 0 radical (unpaired) electrons. The molecule has 1 aromatic carbocycles. The Hall–Kier alpha value is -1.13. The van der Waals surface area contributed by atoms with Gasteiger partial charge in [0.2, 0.25) is 0 Å². The van der Waals surface area contributed by atoms with E-state index in [1.165, 1.54) is 5.56 Å². The van der Waals surface area contributed by atoms with E-state index in [0.717, 1.165) is 32.6 Å². The summed E-state index contributed by atoms with van der Waals surface area (Å²) in [6, 6.07) is 4.24. The molecule has 0 aliphatic heterocycles. The summed E-state index contributed by atoms with van der Waals surface area (Å²) < 4.78 is 2.82. The molecule has 2 rings (SSSR count). The SMILES string of the molecule is Cc1cc(C)c(C(O)Cc2c(Br)c(C)nn2C)c(C)c1. The molecule has 0 bridgehead atoms. The number of hydrogen-bond donors (Lipinski definition) is 1. The van der Waals surface area contributed by atoms with E-state index in [1.807, 2.05) is 18.7 Å². The van der Waals surface area contributed by atoms with Gasteiger partial charge in [0.15, 0.2) is 0 Å². The zero-order valence-corrected chi connectivity index (χ0v) is 14.2. The van der Waals surface area contributed by atoms with Gasteiger partial charge in [-0.15, -0.1) is 0 Å². The smallest absolute Gasteiger partial charge is 0.0850 e. The minimum Gasteiger partial charge on any atom is -0.388 e. The third kappa shape index (κ3) is 2.81. The van der Waals surface area contributed by atoms with Gasteiger partial charge in [-0.25, -0.2) is 0 Å². The zero-order valence-electron chi connectivity index (χ0n) is 12.7. The molecule has 20 heavy (non-hydrogen) atoms. The minimum absolute atomic E-state index is 0.512. The van der Waals surface area contributed by atoms with Crippen LogP contribution in [0.1, 0.15) is 39.7 Å². The first kappa shape index (κ1) is 15.3. The maximum absolute atomic E-state index is 10.6. The van der Waals surface area contributed by atoms with Crippen molar-refractivity contribution in [3.63, 3.8) is 0 Å². The Morgan fingerprint density at radius 2 is 1.75 bits per heavy atom. The van der Waals surface area contributed by atoms with E-state index < -0.39 is 6.10 Å². The average molecular weight is 337 g/mol. The van der Waals surface area contributed by atoms with Crippen LogP contribution in [0.4, 0.5) is 0 Å². The highest BCUT2D eigenvalue weighted by atomic mass is 79.9. The van der Waals surface area contributed by atoms with Gasteiger partial charge in [0.1, 0.15) is 0 Å². The molecule has 3 nitrogen and oxygen atoms in total. The number of rotatable bonds is 3. The second kappa shape index (κ2) is 5.70. The fourth-order valence-electron chi connectivity index (χ4n) is 2.90. The van der Waals surface area contributed by atoms with Crippen LogP contribution in [-0.2, 0) is 13.5 Å². The quantitative estimate of drug-likeness (QED) is 0.928. The Balaban J connectivity index is 2.36. The molecular formula is C16H21BrN2O. The molecule has 0 aliphatic carbocycles. The zero-order chi connectivity index (χ0) is 15.0. The Kier molecular flexibility index (Phi) is 4.35. The fourth-order valence-corrected chi connectivity index (χ4v) is 3.40. The Morgan fingerprint density at radius 1 is 1.20 bits per heavy atom. The predicted molar refractivity (Wildman–Crippen MR) is 85.0 cm³/mol. The lowest BCUT2D eigenvalue weighted by Crippen LogP contribution is -2.10. The van der Waals surface area contributed by atoms with Gasteiger partial charge >= 0.3 is 0 Å². The monoisotopic (exact) mass is 336 g/mol. The molecule has 108 valence electrons. The Bertz CT molecular complexity index is 623. The van der Waals surface area contributed by atoms with Crippen LogP contribution in [-0.4, -0.2) is 14.9 Å². The van der Waals surface area contributed by atoms with E-state index >= 15 is 0 Å². The summed E-state index contributed by atoms with van der Waals surface area (Å²) >= 11 is 3.56. The van der Waals surface area contributed by atoms with Crippen molar-refractivity contribution in [3.8, 4) is 0 Å². The number of benzene rings is 1. The van der Waals surface area contributed by atoms with Gasteiger partial charge < -0.3 is 5.11 Å². The molecule has 0 spiro atoms. The van der Waals surface area contributed by atoms with Crippen molar-refractivity contribution in [3.05, 3.63) is 50.2 Å². The lowest BCUT2D eigenvalue weighted by atomic mass is 9.93. The van der Waals surface area contributed by atoms with E-state index in [2.05, 4.69) is 53.9 Å². The van der Waals surface area contributed by atoms with E-state index in [9.17, 15) is 5.11 Å². The molecule has 0 saturated carbocycles. The molecule has 0 saturated heterocycles. The van der Waals surface area contributed by atoms with E-state index in [1.54, 1.807) is 0 Å². The van der Waals surface area contributed by atoms with Crippen LogP contribution in [0.15, 0.2) is 16.6 Å². The number of aromatic nitrogens is 2. The van der Waals surface area contributed by atoms with Gasteiger partial charge in [-0.05, 0) is 60.3 Å². The summed E-state index contributed by atoms with van der Waals surface area (Å²) in [5.41, 5.74) is 6.52. The summed E-state index contributed by atoms with van der Waals surface area (Å²) in [5, 5.41) is 15.0. The molecule has 1 heterocycles. The number of aliphatic hydroxyl groups excluding tert-OH is 1. The molecule has 1 aromatic heterocycles. The maximum atomic E-state index is 10.6. The molecule has 2 aromatic rings. The first-order chi connectivity index (χ1) is 9.31. The highest BCUT2D eigenvalue weighted by Crippen LogP contribution is 2.29.